The van der Waals surface area contributed by atoms with Crippen LogP contribution in [0.1, 0.15) is 29.7 Å². The molecule has 0 radical (unpaired) electrons. The fourth-order valence-corrected chi connectivity index (χ4v) is 3.21. The molecule has 3 aromatic rings. The molecule has 0 fully saturated rings. The van der Waals surface area contributed by atoms with Crippen molar-refractivity contribution in [1.29, 1.82) is 0 Å². The molecule has 0 spiro atoms. The van der Waals surface area contributed by atoms with E-state index >= 15 is 0 Å². The van der Waals surface area contributed by atoms with Crippen LogP contribution < -0.4 is 5.32 Å². The molecule has 4 heteroatoms. The van der Waals surface area contributed by atoms with Crippen molar-refractivity contribution in [3.8, 4) is 0 Å². The summed E-state index contributed by atoms with van der Waals surface area (Å²) in [6.07, 6.45) is 5.61. The normalized spacial score (nSPS) is 11.2. The second kappa shape index (κ2) is 7.62. The highest BCUT2D eigenvalue weighted by Crippen LogP contribution is 2.19. The van der Waals surface area contributed by atoms with Gasteiger partial charge in [0.15, 0.2) is 0 Å². The Morgan fingerprint density at radius 3 is 2.91 bits per heavy atom. The molecule has 2 aromatic heterocycles. The number of halogens is 1. The molecule has 0 amide bonds. The second-order valence-corrected chi connectivity index (χ2v) is 6.32. The molecule has 2 heterocycles. The summed E-state index contributed by atoms with van der Waals surface area (Å²) in [6.45, 7) is 3.83. The van der Waals surface area contributed by atoms with Gasteiger partial charge in [0.25, 0.3) is 0 Å². The van der Waals surface area contributed by atoms with Crippen LogP contribution in [0.5, 0.6) is 0 Å². The van der Waals surface area contributed by atoms with Gasteiger partial charge in [-0.25, -0.2) is 4.98 Å². The number of pyridine rings is 1. The number of rotatable bonds is 7. The quantitative estimate of drug-likeness (QED) is 0.490. The van der Waals surface area contributed by atoms with E-state index in [1.165, 1.54) is 28.5 Å². The first-order valence-corrected chi connectivity index (χ1v) is 8.49. The van der Waals surface area contributed by atoms with Gasteiger partial charge in [-0.2, -0.15) is 0 Å². The molecular formula is C19H22ClN3. The van der Waals surface area contributed by atoms with Crippen molar-refractivity contribution in [2.45, 2.75) is 32.7 Å². The number of fused-ring (bicyclic) bond motifs is 1. The van der Waals surface area contributed by atoms with Gasteiger partial charge in [-0.1, -0.05) is 29.8 Å². The number of benzene rings is 1. The van der Waals surface area contributed by atoms with Crippen molar-refractivity contribution in [3.05, 3.63) is 64.6 Å². The molecule has 23 heavy (non-hydrogen) atoms. The molecule has 0 saturated carbocycles. The lowest BCUT2D eigenvalue weighted by atomic mass is 10.1. The third-order valence-corrected chi connectivity index (χ3v) is 4.23. The van der Waals surface area contributed by atoms with Gasteiger partial charge in [-0.05, 0) is 62.1 Å². The lowest BCUT2D eigenvalue weighted by molar-refractivity contribution is 0.623. The lowest BCUT2D eigenvalue weighted by Gasteiger charge is -2.06. The highest BCUT2D eigenvalue weighted by Gasteiger charge is 2.02. The largest absolute Gasteiger partial charge is 0.361 e. The van der Waals surface area contributed by atoms with E-state index < -0.39 is 0 Å². The number of aromatic amines is 1. The summed E-state index contributed by atoms with van der Waals surface area (Å²) >= 11 is 5.98. The van der Waals surface area contributed by atoms with Crippen molar-refractivity contribution in [2.24, 2.45) is 0 Å². The van der Waals surface area contributed by atoms with Gasteiger partial charge >= 0.3 is 0 Å². The van der Waals surface area contributed by atoms with E-state index in [0.717, 1.165) is 31.6 Å². The molecule has 0 atom stereocenters. The summed E-state index contributed by atoms with van der Waals surface area (Å²) in [5.74, 6) is 0. The minimum Gasteiger partial charge on any atom is -0.361 e. The Labute approximate surface area is 142 Å². The second-order valence-electron chi connectivity index (χ2n) is 5.93. The van der Waals surface area contributed by atoms with Crippen LogP contribution in [-0.4, -0.2) is 16.5 Å². The summed E-state index contributed by atoms with van der Waals surface area (Å²) in [6, 6.07) is 12.5. The molecule has 0 aliphatic carbocycles. The van der Waals surface area contributed by atoms with Gasteiger partial charge in [0.05, 0.1) is 0 Å². The van der Waals surface area contributed by atoms with Crippen LogP contribution in [0.3, 0.4) is 0 Å². The van der Waals surface area contributed by atoms with Gasteiger partial charge in [0.2, 0.25) is 0 Å². The first kappa shape index (κ1) is 16.0. The Morgan fingerprint density at radius 2 is 2.04 bits per heavy atom. The van der Waals surface area contributed by atoms with E-state index in [9.17, 15) is 0 Å². The number of nitrogens with zero attached hydrogens (tertiary/aromatic N) is 1. The number of nitrogens with one attached hydrogen (secondary N) is 2. The summed E-state index contributed by atoms with van der Waals surface area (Å²) in [5.41, 5.74) is 4.80. The highest BCUT2D eigenvalue weighted by atomic mass is 35.5. The van der Waals surface area contributed by atoms with Crippen molar-refractivity contribution >= 4 is 22.5 Å². The van der Waals surface area contributed by atoms with Crippen LogP contribution in [0.2, 0.25) is 5.15 Å². The van der Waals surface area contributed by atoms with E-state index in [4.69, 9.17) is 11.6 Å². The Balaban J connectivity index is 1.40. The molecule has 120 valence electrons. The Hall–Kier alpha value is -1.84. The van der Waals surface area contributed by atoms with E-state index in [1.54, 1.807) is 0 Å². The van der Waals surface area contributed by atoms with Crippen LogP contribution in [0.4, 0.5) is 0 Å². The van der Waals surface area contributed by atoms with Crippen LogP contribution in [0, 0.1) is 6.92 Å². The van der Waals surface area contributed by atoms with E-state index in [1.807, 2.05) is 13.0 Å². The van der Waals surface area contributed by atoms with Crippen LogP contribution in [0.15, 0.2) is 42.6 Å². The zero-order valence-corrected chi connectivity index (χ0v) is 14.2. The molecule has 1 aromatic carbocycles. The first-order chi connectivity index (χ1) is 11.2. The van der Waals surface area contributed by atoms with Crippen molar-refractivity contribution in [2.75, 3.05) is 6.54 Å². The predicted molar refractivity (Wildman–Crippen MR) is 96.9 cm³/mol. The molecule has 0 aliphatic rings. The Bertz CT molecular complexity index is 759. The number of hydrogen-bond donors (Lipinski definition) is 2. The van der Waals surface area contributed by atoms with E-state index in [-0.39, 0.29) is 0 Å². The number of aromatic nitrogens is 2. The van der Waals surface area contributed by atoms with Crippen molar-refractivity contribution in [1.82, 2.24) is 15.3 Å². The van der Waals surface area contributed by atoms with Crippen LogP contribution in [-0.2, 0) is 13.0 Å². The molecule has 0 aliphatic heterocycles. The molecule has 3 rings (SSSR count). The van der Waals surface area contributed by atoms with Gasteiger partial charge in [0.1, 0.15) is 5.15 Å². The average molecular weight is 328 g/mol. The van der Waals surface area contributed by atoms with Crippen molar-refractivity contribution < 1.29 is 0 Å². The average Bonchev–Trinajstić information content (AvgIpc) is 2.93. The number of aryl methyl sites for hydroxylation is 2. The maximum absolute atomic E-state index is 5.98. The molecular weight excluding hydrogens is 306 g/mol. The standard InChI is InChI=1S/C19H22ClN3/c1-14-10-15(11-19(20)23-14)12-21-9-5-4-6-16-13-22-18-8-3-2-7-17(16)18/h2-3,7-8,10-11,13,21-22H,4-6,9,12H2,1H3. The fourth-order valence-electron chi connectivity index (χ4n) is 2.93. The number of para-hydroxylation sites is 1. The van der Waals surface area contributed by atoms with Crippen LogP contribution >= 0.6 is 11.6 Å². The molecule has 0 saturated heterocycles. The highest BCUT2D eigenvalue weighted by molar-refractivity contribution is 6.29. The predicted octanol–water partition coefficient (Wildman–Crippen LogP) is 4.64. The fraction of sp³-hybridized carbons (Fsp3) is 0.316. The zero-order chi connectivity index (χ0) is 16.1. The van der Waals surface area contributed by atoms with Gasteiger partial charge < -0.3 is 10.3 Å². The van der Waals surface area contributed by atoms with E-state index in [2.05, 4.69) is 51.8 Å². The lowest BCUT2D eigenvalue weighted by Crippen LogP contribution is -2.15. The first-order valence-electron chi connectivity index (χ1n) is 8.11. The number of hydrogen-bond acceptors (Lipinski definition) is 2. The summed E-state index contributed by atoms with van der Waals surface area (Å²) in [4.78, 5) is 7.52. The third kappa shape index (κ3) is 4.34. The molecule has 2 N–H and O–H groups in total. The molecule has 0 unspecified atom stereocenters. The van der Waals surface area contributed by atoms with Gasteiger partial charge in [0, 0.05) is 29.3 Å². The van der Waals surface area contributed by atoms with E-state index in [0.29, 0.717) is 5.15 Å². The number of H-pyrrole nitrogens is 1. The monoisotopic (exact) mass is 327 g/mol. The maximum Gasteiger partial charge on any atom is 0.129 e. The third-order valence-electron chi connectivity index (χ3n) is 4.04. The molecule has 0 bridgehead atoms. The van der Waals surface area contributed by atoms with Gasteiger partial charge in [-0.15, -0.1) is 0 Å². The zero-order valence-electron chi connectivity index (χ0n) is 13.4. The van der Waals surface area contributed by atoms with Crippen molar-refractivity contribution in [3.63, 3.8) is 0 Å². The smallest absolute Gasteiger partial charge is 0.129 e. The summed E-state index contributed by atoms with van der Waals surface area (Å²) in [5, 5.41) is 5.40. The van der Waals surface area contributed by atoms with Gasteiger partial charge in [-0.3, -0.25) is 0 Å². The minimum atomic E-state index is 0.570. The van der Waals surface area contributed by atoms with Crippen LogP contribution in [0.25, 0.3) is 10.9 Å². The molecule has 3 nitrogen and oxygen atoms in total. The summed E-state index contributed by atoms with van der Waals surface area (Å²) < 4.78 is 0. The summed E-state index contributed by atoms with van der Waals surface area (Å²) in [7, 11) is 0. The minimum absolute atomic E-state index is 0.570. The topological polar surface area (TPSA) is 40.7 Å². The Kier molecular flexibility index (Phi) is 5.31. The maximum atomic E-state index is 5.98. The Morgan fingerprint density at radius 1 is 1.17 bits per heavy atom. The SMILES string of the molecule is Cc1cc(CNCCCCc2c[nH]c3ccccc23)cc(Cl)n1. The number of unbranched alkanes of at least 4 members (excludes halogenated alkanes) is 1.